The van der Waals surface area contributed by atoms with Crippen LogP contribution in [0.25, 0.3) is 0 Å². The van der Waals surface area contributed by atoms with Crippen molar-refractivity contribution in [3.05, 3.63) is 72.1 Å². The zero-order valence-electron chi connectivity index (χ0n) is 18.9. The van der Waals surface area contributed by atoms with Gasteiger partial charge in [-0.3, -0.25) is 4.79 Å². The maximum absolute atomic E-state index is 13.1. The van der Waals surface area contributed by atoms with Crippen LogP contribution in [0.15, 0.2) is 60.7 Å². The van der Waals surface area contributed by atoms with Gasteiger partial charge in [0.15, 0.2) is 0 Å². The van der Waals surface area contributed by atoms with Gasteiger partial charge in [0.2, 0.25) is 17.8 Å². The van der Waals surface area contributed by atoms with Crippen molar-refractivity contribution in [2.24, 2.45) is 0 Å². The topological polar surface area (TPSA) is 97.0 Å². The maximum Gasteiger partial charge on any atom is 0.233 e. The first-order chi connectivity index (χ1) is 15.2. The van der Waals surface area contributed by atoms with Crippen LogP contribution in [0.3, 0.4) is 0 Å². The van der Waals surface area contributed by atoms with Gasteiger partial charge in [-0.2, -0.15) is 15.0 Å². The fourth-order valence-electron chi connectivity index (χ4n) is 3.11. The van der Waals surface area contributed by atoms with E-state index in [1.54, 1.807) is 0 Å². The molecule has 1 atom stereocenters. The highest BCUT2D eigenvalue weighted by atomic mass is 32.2. The molecule has 1 heterocycles. The summed E-state index contributed by atoms with van der Waals surface area (Å²) in [6, 6.07) is 19.7. The first-order valence-electron chi connectivity index (χ1n) is 10.5. The van der Waals surface area contributed by atoms with Crippen molar-refractivity contribution < 1.29 is 4.79 Å². The minimum absolute atomic E-state index is 0.0721. The lowest BCUT2D eigenvalue weighted by molar-refractivity contribution is -0.133. The largest absolute Gasteiger partial charge is 0.368 e. The molecule has 0 aliphatic rings. The van der Waals surface area contributed by atoms with Crippen molar-refractivity contribution in [1.82, 2.24) is 19.9 Å². The number of thioether (sulfide) groups is 1. The van der Waals surface area contributed by atoms with Gasteiger partial charge in [0.25, 0.3) is 0 Å². The van der Waals surface area contributed by atoms with E-state index in [1.807, 2.05) is 72.5 Å². The van der Waals surface area contributed by atoms with E-state index in [0.717, 1.165) is 11.3 Å². The highest BCUT2D eigenvalue weighted by molar-refractivity contribution is 8.00. The number of nitrogens with one attached hydrogen (secondary N) is 1. The Kier molecular flexibility index (Phi) is 7.69. The fourth-order valence-corrected chi connectivity index (χ4v) is 3.91. The number of nitrogens with zero attached hydrogens (tertiary/aromatic N) is 4. The SMILES string of the molecule is C[C@@H](SCC(=O)N(Cc1ccccc1)C(C)(C)C)c1nc(N)nc(Nc2ccccc2)n1. The third-order valence-corrected chi connectivity index (χ3v) is 5.94. The molecule has 1 amide bonds. The Hall–Kier alpha value is -3.13. The molecule has 0 aliphatic carbocycles. The lowest BCUT2D eigenvalue weighted by Crippen LogP contribution is -2.46. The molecule has 0 saturated heterocycles. The monoisotopic (exact) mass is 450 g/mol. The average molecular weight is 451 g/mol. The number of nitrogens with two attached hydrogens (primary N) is 1. The summed E-state index contributed by atoms with van der Waals surface area (Å²) in [5.41, 5.74) is 7.59. The molecule has 3 N–H and O–H groups in total. The summed E-state index contributed by atoms with van der Waals surface area (Å²) >= 11 is 1.49. The highest BCUT2D eigenvalue weighted by Crippen LogP contribution is 2.28. The second-order valence-corrected chi connectivity index (χ2v) is 9.79. The zero-order chi connectivity index (χ0) is 23.1. The zero-order valence-corrected chi connectivity index (χ0v) is 19.8. The summed E-state index contributed by atoms with van der Waals surface area (Å²) < 4.78 is 0. The number of aromatic nitrogens is 3. The van der Waals surface area contributed by atoms with Crippen LogP contribution in [-0.4, -0.2) is 37.1 Å². The van der Waals surface area contributed by atoms with Gasteiger partial charge in [-0.15, -0.1) is 11.8 Å². The first-order valence-corrected chi connectivity index (χ1v) is 11.6. The van der Waals surface area contributed by atoms with E-state index in [2.05, 4.69) is 41.0 Å². The molecule has 1 aromatic heterocycles. The minimum atomic E-state index is -0.291. The van der Waals surface area contributed by atoms with Gasteiger partial charge in [-0.1, -0.05) is 48.5 Å². The Bertz CT molecular complexity index is 1020. The Morgan fingerprint density at radius 1 is 1.03 bits per heavy atom. The molecule has 0 saturated carbocycles. The third kappa shape index (κ3) is 6.68. The summed E-state index contributed by atoms with van der Waals surface area (Å²) in [4.78, 5) is 28.0. The third-order valence-electron chi connectivity index (χ3n) is 4.81. The quantitative estimate of drug-likeness (QED) is 0.508. The molecule has 3 rings (SSSR count). The normalized spacial score (nSPS) is 12.2. The highest BCUT2D eigenvalue weighted by Gasteiger charge is 2.27. The molecule has 168 valence electrons. The molecule has 32 heavy (non-hydrogen) atoms. The fraction of sp³-hybridized carbons (Fsp3) is 0.333. The number of para-hydroxylation sites is 1. The Labute approximate surface area is 193 Å². The van der Waals surface area contributed by atoms with E-state index in [-0.39, 0.29) is 22.6 Å². The summed E-state index contributed by atoms with van der Waals surface area (Å²) in [6.07, 6.45) is 0. The smallest absolute Gasteiger partial charge is 0.233 e. The van der Waals surface area contributed by atoms with E-state index in [1.165, 1.54) is 11.8 Å². The number of anilines is 3. The summed E-state index contributed by atoms with van der Waals surface area (Å²) in [6.45, 7) is 8.70. The van der Waals surface area contributed by atoms with Crippen LogP contribution in [0.2, 0.25) is 0 Å². The van der Waals surface area contributed by atoms with Gasteiger partial charge in [-0.05, 0) is 45.4 Å². The van der Waals surface area contributed by atoms with Crippen LogP contribution in [0.4, 0.5) is 17.6 Å². The van der Waals surface area contributed by atoms with Gasteiger partial charge in [-0.25, -0.2) is 0 Å². The number of rotatable bonds is 8. The summed E-state index contributed by atoms with van der Waals surface area (Å²) in [7, 11) is 0. The Morgan fingerprint density at radius 3 is 2.28 bits per heavy atom. The molecule has 2 aromatic carbocycles. The van der Waals surface area contributed by atoms with Crippen molar-refractivity contribution >= 4 is 35.3 Å². The molecule has 0 fully saturated rings. The van der Waals surface area contributed by atoms with E-state index in [0.29, 0.717) is 24.1 Å². The van der Waals surface area contributed by atoms with Crippen molar-refractivity contribution in [1.29, 1.82) is 0 Å². The standard InChI is InChI=1S/C24H30N6OS/c1-17(21-27-22(25)29-23(28-21)26-19-13-9-6-10-14-19)32-16-20(31)30(24(2,3)4)15-18-11-7-5-8-12-18/h5-14,17H,15-16H2,1-4H3,(H3,25,26,27,28,29)/t17-/m1/s1. The average Bonchev–Trinajstić information content (AvgIpc) is 2.76. The van der Waals surface area contributed by atoms with E-state index in [9.17, 15) is 4.79 Å². The predicted molar refractivity (Wildman–Crippen MR) is 132 cm³/mol. The van der Waals surface area contributed by atoms with E-state index < -0.39 is 0 Å². The number of hydrogen-bond acceptors (Lipinski definition) is 7. The van der Waals surface area contributed by atoms with E-state index >= 15 is 0 Å². The molecule has 7 nitrogen and oxygen atoms in total. The number of hydrogen-bond donors (Lipinski definition) is 2. The lowest BCUT2D eigenvalue weighted by atomic mass is 10.0. The minimum Gasteiger partial charge on any atom is -0.368 e. The van der Waals surface area contributed by atoms with Gasteiger partial charge in [0.1, 0.15) is 5.82 Å². The number of benzene rings is 2. The van der Waals surface area contributed by atoms with Crippen LogP contribution < -0.4 is 11.1 Å². The molecular formula is C24H30N6OS. The van der Waals surface area contributed by atoms with Crippen molar-refractivity contribution in [2.45, 2.75) is 45.0 Å². The van der Waals surface area contributed by atoms with Crippen LogP contribution in [0.5, 0.6) is 0 Å². The van der Waals surface area contributed by atoms with Gasteiger partial charge in [0.05, 0.1) is 11.0 Å². The molecule has 8 heteroatoms. The van der Waals surface area contributed by atoms with Crippen LogP contribution >= 0.6 is 11.8 Å². The lowest BCUT2D eigenvalue weighted by Gasteiger charge is -2.36. The van der Waals surface area contributed by atoms with E-state index in [4.69, 9.17) is 5.73 Å². The second kappa shape index (κ2) is 10.5. The summed E-state index contributed by atoms with van der Waals surface area (Å²) in [5, 5.41) is 3.02. The number of carbonyl (C=O) groups is 1. The molecule has 0 unspecified atom stereocenters. The Balaban J connectivity index is 1.67. The molecule has 0 radical (unpaired) electrons. The molecular weight excluding hydrogens is 420 g/mol. The van der Waals surface area contributed by atoms with Crippen LogP contribution in [0.1, 0.15) is 44.3 Å². The van der Waals surface area contributed by atoms with Crippen molar-refractivity contribution in [3.63, 3.8) is 0 Å². The van der Waals surface area contributed by atoms with Crippen molar-refractivity contribution in [2.75, 3.05) is 16.8 Å². The number of amides is 1. The van der Waals surface area contributed by atoms with Gasteiger partial charge < -0.3 is 16.0 Å². The Morgan fingerprint density at radius 2 is 1.66 bits per heavy atom. The molecule has 3 aromatic rings. The first kappa shape index (κ1) is 23.5. The molecule has 0 bridgehead atoms. The van der Waals surface area contributed by atoms with Crippen molar-refractivity contribution in [3.8, 4) is 0 Å². The van der Waals surface area contributed by atoms with Gasteiger partial charge >= 0.3 is 0 Å². The van der Waals surface area contributed by atoms with Gasteiger partial charge in [0, 0.05) is 17.8 Å². The van der Waals surface area contributed by atoms with Crippen LogP contribution in [-0.2, 0) is 11.3 Å². The maximum atomic E-state index is 13.1. The number of nitrogen functional groups attached to an aromatic ring is 1. The molecule has 0 spiro atoms. The second-order valence-electron chi connectivity index (χ2n) is 8.46. The molecule has 0 aliphatic heterocycles. The van der Waals surface area contributed by atoms with Crippen LogP contribution in [0, 0.1) is 0 Å². The number of carbonyl (C=O) groups excluding carboxylic acids is 1. The predicted octanol–water partition coefficient (Wildman–Crippen LogP) is 4.82. The summed E-state index contributed by atoms with van der Waals surface area (Å²) in [5.74, 6) is 1.46.